The van der Waals surface area contributed by atoms with Crippen LogP contribution in [0.4, 0.5) is 5.69 Å². The molecule has 0 fully saturated rings. The van der Waals surface area contributed by atoms with Gasteiger partial charge in [-0.3, -0.25) is 0 Å². The number of aryl methyl sites for hydroxylation is 1. The van der Waals surface area contributed by atoms with Crippen LogP contribution in [0.25, 0.3) is 0 Å². The summed E-state index contributed by atoms with van der Waals surface area (Å²) in [5, 5.41) is 7.16. The SMILES string of the molecule is C=CCOc1ccc(NC(=S)NC(C)CCc2ccccc2)cc1. The molecule has 0 spiro atoms. The molecular formula is C20H24N2OS. The molecule has 1 unspecified atom stereocenters. The molecule has 4 heteroatoms. The van der Waals surface area contributed by atoms with Gasteiger partial charge in [0.2, 0.25) is 0 Å². The van der Waals surface area contributed by atoms with Crippen molar-refractivity contribution in [2.24, 2.45) is 0 Å². The third-order valence-electron chi connectivity index (χ3n) is 3.57. The Labute approximate surface area is 149 Å². The predicted octanol–water partition coefficient (Wildman–Crippen LogP) is 4.56. The van der Waals surface area contributed by atoms with Gasteiger partial charge >= 0.3 is 0 Å². The standard InChI is InChI=1S/C20H24N2OS/c1-3-15-23-19-13-11-18(12-14-19)22-20(24)21-16(2)9-10-17-7-5-4-6-8-17/h3-8,11-14,16H,1,9-10,15H2,2H3,(H2,21,22,24). The molecule has 2 aromatic carbocycles. The van der Waals surface area contributed by atoms with Gasteiger partial charge in [-0.1, -0.05) is 43.0 Å². The average molecular weight is 340 g/mol. The van der Waals surface area contributed by atoms with Crippen LogP contribution in [-0.4, -0.2) is 17.8 Å². The third-order valence-corrected chi connectivity index (χ3v) is 3.79. The molecule has 24 heavy (non-hydrogen) atoms. The van der Waals surface area contributed by atoms with E-state index in [0.717, 1.165) is 24.3 Å². The maximum atomic E-state index is 5.46. The summed E-state index contributed by atoms with van der Waals surface area (Å²) in [4.78, 5) is 0. The van der Waals surface area contributed by atoms with E-state index in [1.54, 1.807) is 6.08 Å². The summed E-state index contributed by atoms with van der Waals surface area (Å²) < 4.78 is 5.46. The lowest BCUT2D eigenvalue weighted by Crippen LogP contribution is -2.36. The van der Waals surface area contributed by atoms with E-state index < -0.39 is 0 Å². The zero-order valence-electron chi connectivity index (χ0n) is 14.0. The Hall–Kier alpha value is -2.33. The molecule has 0 amide bonds. The molecule has 126 valence electrons. The summed E-state index contributed by atoms with van der Waals surface area (Å²) >= 11 is 5.38. The fourth-order valence-corrected chi connectivity index (χ4v) is 2.60. The van der Waals surface area contributed by atoms with Gasteiger partial charge in [-0.25, -0.2) is 0 Å². The number of anilines is 1. The average Bonchev–Trinajstić information content (AvgIpc) is 2.60. The lowest BCUT2D eigenvalue weighted by molar-refractivity contribution is 0.363. The molecule has 1 atom stereocenters. The summed E-state index contributed by atoms with van der Waals surface area (Å²) in [7, 11) is 0. The summed E-state index contributed by atoms with van der Waals surface area (Å²) in [5.74, 6) is 0.815. The van der Waals surface area contributed by atoms with Crippen LogP contribution in [0.2, 0.25) is 0 Å². The Balaban J connectivity index is 1.74. The zero-order chi connectivity index (χ0) is 17.2. The quantitative estimate of drug-likeness (QED) is 0.545. The van der Waals surface area contributed by atoms with E-state index in [-0.39, 0.29) is 0 Å². The molecule has 0 heterocycles. The number of benzene rings is 2. The van der Waals surface area contributed by atoms with Crippen molar-refractivity contribution in [3.8, 4) is 5.75 Å². The summed E-state index contributed by atoms with van der Waals surface area (Å²) in [5.41, 5.74) is 2.29. The van der Waals surface area contributed by atoms with Gasteiger partial charge in [-0.15, -0.1) is 0 Å². The smallest absolute Gasteiger partial charge is 0.170 e. The number of hydrogen-bond donors (Lipinski definition) is 2. The number of rotatable bonds is 8. The van der Waals surface area contributed by atoms with Crippen molar-refractivity contribution in [3.63, 3.8) is 0 Å². The first-order valence-corrected chi connectivity index (χ1v) is 8.53. The molecule has 0 saturated heterocycles. The highest BCUT2D eigenvalue weighted by atomic mass is 32.1. The van der Waals surface area contributed by atoms with Crippen LogP contribution >= 0.6 is 12.2 Å². The molecule has 0 bridgehead atoms. The minimum Gasteiger partial charge on any atom is -0.490 e. The number of nitrogens with one attached hydrogen (secondary N) is 2. The lowest BCUT2D eigenvalue weighted by Gasteiger charge is -2.17. The van der Waals surface area contributed by atoms with Crippen molar-refractivity contribution < 1.29 is 4.74 Å². The van der Waals surface area contributed by atoms with E-state index in [2.05, 4.69) is 48.4 Å². The largest absolute Gasteiger partial charge is 0.490 e. The highest BCUT2D eigenvalue weighted by Crippen LogP contribution is 2.15. The van der Waals surface area contributed by atoms with Gasteiger partial charge in [0.25, 0.3) is 0 Å². The van der Waals surface area contributed by atoms with Crippen LogP contribution in [0.1, 0.15) is 18.9 Å². The fourth-order valence-electron chi connectivity index (χ4n) is 2.28. The van der Waals surface area contributed by atoms with Crippen molar-refractivity contribution in [1.82, 2.24) is 5.32 Å². The fraction of sp³-hybridized carbons (Fsp3) is 0.250. The van der Waals surface area contributed by atoms with Gasteiger partial charge in [-0.2, -0.15) is 0 Å². The maximum Gasteiger partial charge on any atom is 0.170 e. The molecule has 0 aliphatic heterocycles. The lowest BCUT2D eigenvalue weighted by atomic mass is 10.1. The van der Waals surface area contributed by atoms with Crippen LogP contribution in [0.15, 0.2) is 67.3 Å². The van der Waals surface area contributed by atoms with E-state index in [9.17, 15) is 0 Å². The van der Waals surface area contributed by atoms with Gasteiger partial charge in [0.1, 0.15) is 12.4 Å². The summed E-state index contributed by atoms with van der Waals surface area (Å²) in [6.07, 6.45) is 3.79. The van der Waals surface area contributed by atoms with E-state index in [1.165, 1.54) is 5.56 Å². The molecule has 0 aliphatic carbocycles. The minimum absolute atomic E-state index is 0.306. The molecule has 0 aliphatic rings. The number of hydrogen-bond acceptors (Lipinski definition) is 2. The van der Waals surface area contributed by atoms with Gasteiger partial charge in [0.15, 0.2) is 5.11 Å². The Kier molecular flexibility index (Phi) is 7.30. The van der Waals surface area contributed by atoms with Crippen molar-refractivity contribution in [2.45, 2.75) is 25.8 Å². The van der Waals surface area contributed by atoms with Crippen LogP contribution in [0.3, 0.4) is 0 Å². The normalized spacial score (nSPS) is 11.4. The minimum atomic E-state index is 0.306. The molecule has 3 nitrogen and oxygen atoms in total. The highest BCUT2D eigenvalue weighted by molar-refractivity contribution is 7.80. The Morgan fingerprint density at radius 2 is 1.88 bits per heavy atom. The van der Waals surface area contributed by atoms with Crippen LogP contribution in [0.5, 0.6) is 5.75 Å². The first kappa shape index (κ1) is 18.0. The third kappa shape index (κ3) is 6.42. The topological polar surface area (TPSA) is 33.3 Å². The molecular weight excluding hydrogens is 316 g/mol. The molecule has 0 saturated carbocycles. The maximum absolute atomic E-state index is 5.46. The van der Waals surface area contributed by atoms with Crippen molar-refractivity contribution in [1.29, 1.82) is 0 Å². The van der Waals surface area contributed by atoms with Crippen LogP contribution in [-0.2, 0) is 6.42 Å². The Morgan fingerprint density at radius 3 is 2.54 bits per heavy atom. The zero-order valence-corrected chi connectivity index (χ0v) is 14.8. The van der Waals surface area contributed by atoms with Crippen LogP contribution < -0.4 is 15.4 Å². The molecule has 2 aromatic rings. The van der Waals surface area contributed by atoms with Crippen LogP contribution in [0, 0.1) is 0 Å². The molecule has 0 aromatic heterocycles. The van der Waals surface area contributed by atoms with E-state index in [1.807, 2.05) is 30.3 Å². The van der Waals surface area contributed by atoms with Crippen molar-refractivity contribution in [3.05, 3.63) is 72.8 Å². The Bertz CT molecular complexity index is 640. The first-order chi connectivity index (χ1) is 11.7. The number of thiocarbonyl (C=S) groups is 1. The van der Waals surface area contributed by atoms with Gasteiger partial charge < -0.3 is 15.4 Å². The second kappa shape index (κ2) is 9.73. The van der Waals surface area contributed by atoms with Crippen molar-refractivity contribution in [2.75, 3.05) is 11.9 Å². The number of ether oxygens (including phenoxy) is 1. The first-order valence-electron chi connectivity index (χ1n) is 8.12. The second-order valence-corrected chi connectivity index (χ2v) is 6.06. The van der Waals surface area contributed by atoms with E-state index in [0.29, 0.717) is 17.8 Å². The van der Waals surface area contributed by atoms with E-state index in [4.69, 9.17) is 17.0 Å². The molecule has 2 rings (SSSR count). The molecule has 0 radical (unpaired) electrons. The highest BCUT2D eigenvalue weighted by Gasteiger charge is 2.05. The second-order valence-electron chi connectivity index (χ2n) is 5.65. The predicted molar refractivity (Wildman–Crippen MR) is 106 cm³/mol. The Morgan fingerprint density at radius 1 is 1.17 bits per heavy atom. The summed E-state index contributed by atoms with van der Waals surface area (Å²) in [6, 6.07) is 18.5. The summed E-state index contributed by atoms with van der Waals surface area (Å²) in [6.45, 7) is 6.28. The van der Waals surface area contributed by atoms with Gasteiger partial charge in [0.05, 0.1) is 0 Å². The monoisotopic (exact) mass is 340 g/mol. The van der Waals surface area contributed by atoms with Gasteiger partial charge in [-0.05, 0) is 61.8 Å². The van der Waals surface area contributed by atoms with E-state index >= 15 is 0 Å². The van der Waals surface area contributed by atoms with Gasteiger partial charge in [0, 0.05) is 11.7 Å². The molecule has 2 N–H and O–H groups in total. The van der Waals surface area contributed by atoms with Crippen molar-refractivity contribution >= 4 is 23.0 Å².